The van der Waals surface area contributed by atoms with Crippen LogP contribution in [0.1, 0.15) is 31.2 Å². The summed E-state index contributed by atoms with van der Waals surface area (Å²) in [5.41, 5.74) is 1.33. The third-order valence-corrected chi connectivity index (χ3v) is 5.18. The first-order chi connectivity index (χ1) is 9.64. The van der Waals surface area contributed by atoms with Crippen LogP contribution in [0.25, 0.3) is 0 Å². The molecule has 1 aromatic rings. The molecule has 20 heavy (non-hydrogen) atoms. The highest BCUT2D eigenvalue weighted by Gasteiger charge is 2.47. The third kappa shape index (κ3) is 2.24. The van der Waals surface area contributed by atoms with Crippen LogP contribution in [0, 0.1) is 5.92 Å². The number of carbonyl (C=O) groups is 1. The Hall–Kier alpha value is -1.35. The Morgan fingerprint density at radius 3 is 3.05 bits per heavy atom. The predicted molar refractivity (Wildman–Crippen MR) is 79.1 cm³/mol. The zero-order valence-corrected chi connectivity index (χ0v) is 12.4. The highest BCUT2D eigenvalue weighted by atomic mass is 16.5. The molecule has 0 N–H and O–H groups in total. The number of hydrogen-bond acceptors (Lipinski definition) is 3. The van der Waals surface area contributed by atoms with Crippen LogP contribution < -0.4 is 4.74 Å². The van der Waals surface area contributed by atoms with E-state index in [1.165, 1.54) is 5.56 Å². The third-order valence-electron chi connectivity index (χ3n) is 5.18. The molecular weight excluding hydrogens is 250 g/mol. The Morgan fingerprint density at radius 1 is 1.40 bits per heavy atom. The Balaban J connectivity index is 2.01. The van der Waals surface area contributed by atoms with E-state index >= 15 is 0 Å². The zero-order chi connectivity index (χ0) is 14.2. The second-order valence-electron chi connectivity index (χ2n) is 6.35. The maximum atomic E-state index is 12.1. The maximum absolute atomic E-state index is 12.1. The van der Waals surface area contributed by atoms with Gasteiger partial charge in [-0.2, -0.15) is 0 Å². The molecule has 1 unspecified atom stereocenters. The van der Waals surface area contributed by atoms with E-state index in [1.54, 1.807) is 7.11 Å². The van der Waals surface area contributed by atoms with Crippen molar-refractivity contribution in [1.82, 2.24) is 4.90 Å². The zero-order valence-electron chi connectivity index (χ0n) is 12.4. The van der Waals surface area contributed by atoms with Crippen molar-refractivity contribution >= 4 is 5.78 Å². The Labute approximate surface area is 120 Å². The van der Waals surface area contributed by atoms with Crippen LogP contribution in [0.3, 0.4) is 0 Å². The molecule has 3 nitrogen and oxygen atoms in total. The Bertz CT molecular complexity index is 513. The van der Waals surface area contributed by atoms with Crippen LogP contribution in [-0.2, 0) is 10.2 Å². The van der Waals surface area contributed by atoms with Gasteiger partial charge in [0, 0.05) is 24.8 Å². The van der Waals surface area contributed by atoms with Gasteiger partial charge in [0.2, 0.25) is 0 Å². The summed E-state index contributed by atoms with van der Waals surface area (Å²) in [4.78, 5) is 14.5. The highest BCUT2D eigenvalue weighted by Crippen LogP contribution is 2.48. The van der Waals surface area contributed by atoms with E-state index in [0.717, 1.165) is 38.1 Å². The number of ketones is 1. The maximum Gasteiger partial charge on any atom is 0.133 e. The molecule has 2 atom stereocenters. The van der Waals surface area contributed by atoms with E-state index in [2.05, 4.69) is 30.1 Å². The van der Waals surface area contributed by atoms with Crippen molar-refractivity contribution in [1.29, 1.82) is 0 Å². The molecule has 0 bridgehead atoms. The Morgan fingerprint density at radius 2 is 2.25 bits per heavy atom. The summed E-state index contributed by atoms with van der Waals surface area (Å²) in [5, 5.41) is 0. The van der Waals surface area contributed by atoms with E-state index < -0.39 is 0 Å². The van der Waals surface area contributed by atoms with Gasteiger partial charge < -0.3 is 9.64 Å². The molecule has 0 aromatic heterocycles. The molecule has 1 aliphatic carbocycles. The predicted octanol–water partition coefficient (Wildman–Crippen LogP) is 2.64. The number of likely N-dealkylation sites (tertiary alicyclic amines) is 1. The van der Waals surface area contributed by atoms with E-state index in [-0.39, 0.29) is 5.41 Å². The van der Waals surface area contributed by atoms with Crippen LogP contribution in [0.4, 0.5) is 0 Å². The van der Waals surface area contributed by atoms with Gasteiger partial charge in [0.05, 0.1) is 7.11 Å². The van der Waals surface area contributed by atoms with E-state index in [9.17, 15) is 4.79 Å². The van der Waals surface area contributed by atoms with Crippen molar-refractivity contribution in [3.05, 3.63) is 29.8 Å². The number of nitrogens with zero attached hydrogens (tertiary/aromatic N) is 1. The fourth-order valence-corrected chi connectivity index (χ4v) is 4.03. The van der Waals surface area contributed by atoms with Gasteiger partial charge >= 0.3 is 0 Å². The molecule has 1 saturated heterocycles. The van der Waals surface area contributed by atoms with Crippen molar-refractivity contribution in [3.8, 4) is 5.75 Å². The molecule has 1 aromatic carbocycles. The van der Waals surface area contributed by atoms with Crippen LogP contribution in [0.15, 0.2) is 24.3 Å². The second-order valence-corrected chi connectivity index (χ2v) is 6.35. The average molecular weight is 273 g/mol. The second kappa shape index (κ2) is 5.21. The topological polar surface area (TPSA) is 29.5 Å². The number of piperidine rings is 1. The van der Waals surface area contributed by atoms with Crippen LogP contribution in [-0.4, -0.2) is 37.9 Å². The van der Waals surface area contributed by atoms with Gasteiger partial charge in [-0.3, -0.25) is 4.79 Å². The van der Waals surface area contributed by atoms with E-state index in [0.29, 0.717) is 18.1 Å². The smallest absolute Gasteiger partial charge is 0.133 e. The van der Waals surface area contributed by atoms with Gasteiger partial charge in [-0.25, -0.2) is 0 Å². The fraction of sp³-hybridized carbons (Fsp3) is 0.588. The van der Waals surface area contributed by atoms with E-state index in [1.807, 2.05) is 6.07 Å². The largest absolute Gasteiger partial charge is 0.497 e. The first kappa shape index (κ1) is 13.6. The van der Waals surface area contributed by atoms with Crippen molar-refractivity contribution in [2.75, 3.05) is 27.2 Å². The number of methoxy groups -OCH3 is 1. The lowest BCUT2D eigenvalue weighted by Gasteiger charge is -2.50. The molecule has 1 heterocycles. The number of fused-ring (bicyclic) bond motifs is 1. The Kier molecular flexibility index (Phi) is 3.55. The normalized spacial score (nSPS) is 30.9. The molecule has 3 heteroatoms. The monoisotopic (exact) mass is 273 g/mol. The first-order valence-corrected chi connectivity index (χ1v) is 7.49. The summed E-state index contributed by atoms with van der Waals surface area (Å²) in [5.74, 6) is 1.91. The van der Waals surface area contributed by atoms with Crippen LogP contribution >= 0.6 is 0 Å². The lowest BCUT2D eigenvalue weighted by molar-refractivity contribution is -0.124. The number of benzene rings is 1. The summed E-state index contributed by atoms with van der Waals surface area (Å²) < 4.78 is 5.37. The minimum Gasteiger partial charge on any atom is -0.497 e. The molecule has 108 valence electrons. The van der Waals surface area contributed by atoms with Gasteiger partial charge in [-0.1, -0.05) is 12.1 Å². The summed E-state index contributed by atoms with van der Waals surface area (Å²) in [6, 6.07) is 8.35. The molecule has 0 spiro atoms. The van der Waals surface area contributed by atoms with Gasteiger partial charge in [0.1, 0.15) is 11.5 Å². The van der Waals surface area contributed by atoms with Crippen molar-refractivity contribution in [2.24, 2.45) is 5.92 Å². The number of ether oxygens (including phenoxy) is 1. The molecule has 3 rings (SSSR count). The van der Waals surface area contributed by atoms with Crippen LogP contribution in [0.5, 0.6) is 5.75 Å². The summed E-state index contributed by atoms with van der Waals surface area (Å²) >= 11 is 0. The molecular formula is C17H23NO2. The van der Waals surface area contributed by atoms with Gasteiger partial charge in [-0.15, -0.1) is 0 Å². The minimum atomic E-state index is 0.0381. The van der Waals surface area contributed by atoms with Crippen molar-refractivity contribution in [3.63, 3.8) is 0 Å². The summed E-state index contributed by atoms with van der Waals surface area (Å²) in [6.07, 6.45) is 3.57. The van der Waals surface area contributed by atoms with Gasteiger partial charge in [0.15, 0.2) is 0 Å². The SMILES string of the molecule is COc1cccc(C23CCN(C)C[C@@H]2CCC(=O)C3)c1. The standard InChI is InChI=1S/C17H23NO2/c1-18-9-8-17(11-15(19)7-6-14(17)12-18)13-4-3-5-16(10-13)20-2/h3-5,10,14H,6-9,11-12H2,1-2H3/t14-,17?/m0/s1. The van der Waals surface area contributed by atoms with Crippen molar-refractivity contribution in [2.45, 2.75) is 31.1 Å². The number of Topliss-reactive ketones (excluding diaryl/α,β-unsaturated/α-hetero) is 1. The molecule has 1 saturated carbocycles. The summed E-state index contributed by atoms with van der Waals surface area (Å²) in [7, 11) is 3.89. The minimum absolute atomic E-state index is 0.0381. The lowest BCUT2D eigenvalue weighted by Crippen LogP contribution is -2.52. The number of carbonyl (C=O) groups excluding carboxylic acids is 1. The number of hydrogen-bond donors (Lipinski definition) is 0. The molecule has 1 aliphatic heterocycles. The molecule has 2 aliphatic rings. The van der Waals surface area contributed by atoms with E-state index in [4.69, 9.17) is 4.74 Å². The quantitative estimate of drug-likeness (QED) is 0.829. The molecule has 0 amide bonds. The number of rotatable bonds is 2. The fourth-order valence-electron chi connectivity index (χ4n) is 4.03. The lowest BCUT2D eigenvalue weighted by atomic mass is 9.59. The van der Waals surface area contributed by atoms with Crippen molar-refractivity contribution < 1.29 is 9.53 Å². The van der Waals surface area contributed by atoms with Gasteiger partial charge in [0.25, 0.3) is 0 Å². The van der Waals surface area contributed by atoms with Gasteiger partial charge in [-0.05, 0) is 50.0 Å². The molecule has 2 fully saturated rings. The average Bonchev–Trinajstić information content (AvgIpc) is 2.47. The highest BCUT2D eigenvalue weighted by molar-refractivity contribution is 5.81. The summed E-state index contributed by atoms with van der Waals surface area (Å²) in [6.45, 7) is 2.17. The molecule has 0 radical (unpaired) electrons. The van der Waals surface area contributed by atoms with Crippen LogP contribution in [0.2, 0.25) is 0 Å². The first-order valence-electron chi connectivity index (χ1n) is 7.49.